The predicted molar refractivity (Wildman–Crippen MR) is 75.5 cm³/mol. The summed E-state index contributed by atoms with van der Waals surface area (Å²) in [5, 5.41) is 9.72. The predicted octanol–water partition coefficient (Wildman–Crippen LogP) is 3.29. The SMILES string of the molecule is COc1ccc(CSc2nc(C)c(C)o2)cc1C(=O)O. The van der Waals surface area contributed by atoms with Gasteiger partial charge in [0.2, 0.25) is 0 Å². The Hall–Kier alpha value is -1.95. The van der Waals surface area contributed by atoms with E-state index in [9.17, 15) is 4.79 Å². The zero-order valence-electron chi connectivity index (χ0n) is 11.5. The number of aryl methyl sites for hydroxylation is 2. The highest BCUT2D eigenvalue weighted by molar-refractivity contribution is 7.98. The maximum absolute atomic E-state index is 11.1. The molecular formula is C14H15NO4S. The van der Waals surface area contributed by atoms with E-state index >= 15 is 0 Å². The van der Waals surface area contributed by atoms with E-state index in [4.69, 9.17) is 14.3 Å². The van der Waals surface area contributed by atoms with Crippen molar-refractivity contribution in [3.8, 4) is 5.75 Å². The van der Waals surface area contributed by atoms with Gasteiger partial charge in [0, 0.05) is 5.75 Å². The van der Waals surface area contributed by atoms with Crippen LogP contribution in [0.15, 0.2) is 27.8 Å². The lowest BCUT2D eigenvalue weighted by molar-refractivity contribution is 0.0693. The van der Waals surface area contributed by atoms with Crippen molar-refractivity contribution >= 4 is 17.7 Å². The van der Waals surface area contributed by atoms with Crippen LogP contribution >= 0.6 is 11.8 Å². The minimum absolute atomic E-state index is 0.158. The monoisotopic (exact) mass is 293 g/mol. The zero-order chi connectivity index (χ0) is 14.7. The van der Waals surface area contributed by atoms with Crippen LogP contribution in [0.4, 0.5) is 0 Å². The van der Waals surface area contributed by atoms with Gasteiger partial charge < -0.3 is 14.3 Å². The Balaban J connectivity index is 2.13. The Morgan fingerprint density at radius 2 is 2.20 bits per heavy atom. The Labute approximate surface area is 121 Å². The van der Waals surface area contributed by atoms with Crippen molar-refractivity contribution in [3.63, 3.8) is 0 Å². The van der Waals surface area contributed by atoms with Crippen LogP contribution in [0.2, 0.25) is 0 Å². The smallest absolute Gasteiger partial charge is 0.339 e. The van der Waals surface area contributed by atoms with Gasteiger partial charge in [-0.25, -0.2) is 9.78 Å². The number of hydrogen-bond acceptors (Lipinski definition) is 5. The topological polar surface area (TPSA) is 72.6 Å². The third-order valence-electron chi connectivity index (χ3n) is 2.87. The van der Waals surface area contributed by atoms with E-state index in [0.717, 1.165) is 17.0 Å². The highest BCUT2D eigenvalue weighted by atomic mass is 32.2. The first-order valence-corrected chi connectivity index (χ1v) is 6.97. The molecule has 0 unspecified atom stereocenters. The maximum atomic E-state index is 11.1. The van der Waals surface area contributed by atoms with Gasteiger partial charge in [-0.15, -0.1) is 0 Å². The number of thioether (sulfide) groups is 1. The molecule has 1 aromatic carbocycles. The molecule has 0 atom stereocenters. The van der Waals surface area contributed by atoms with Crippen LogP contribution in [0, 0.1) is 13.8 Å². The van der Waals surface area contributed by atoms with Crippen molar-refractivity contribution in [1.82, 2.24) is 4.98 Å². The van der Waals surface area contributed by atoms with E-state index in [1.807, 2.05) is 19.9 Å². The van der Waals surface area contributed by atoms with Crippen molar-refractivity contribution in [2.75, 3.05) is 7.11 Å². The molecule has 0 fully saturated rings. The molecule has 106 valence electrons. The summed E-state index contributed by atoms with van der Waals surface area (Å²) in [6, 6.07) is 5.10. The number of carboxylic acid groups (broad SMARTS) is 1. The van der Waals surface area contributed by atoms with Crippen molar-refractivity contribution in [3.05, 3.63) is 40.8 Å². The number of carboxylic acids is 1. The number of hydrogen-bond donors (Lipinski definition) is 1. The summed E-state index contributed by atoms with van der Waals surface area (Å²) in [7, 11) is 1.45. The molecule has 1 aromatic heterocycles. The summed E-state index contributed by atoms with van der Waals surface area (Å²) in [5.41, 5.74) is 1.90. The van der Waals surface area contributed by atoms with E-state index in [2.05, 4.69) is 4.98 Å². The van der Waals surface area contributed by atoms with Gasteiger partial charge in [-0.3, -0.25) is 0 Å². The van der Waals surface area contributed by atoms with Crippen molar-refractivity contribution in [2.45, 2.75) is 24.8 Å². The summed E-state index contributed by atoms with van der Waals surface area (Å²) in [4.78, 5) is 15.4. The maximum Gasteiger partial charge on any atom is 0.339 e. The Morgan fingerprint density at radius 3 is 2.75 bits per heavy atom. The number of benzene rings is 1. The van der Waals surface area contributed by atoms with Gasteiger partial charge in [-0.05, 0) is 31.5 Å². The van der Waals surface area contributed by atoms with Crippen LogP contribution in [-0.2, 0) is 5.75 Å². The molecule has 0 aliphatic carbocycles. The lowest BCUT2D eigenvalue weighted by Crippen LogP contribution is -2.01. The standard InChI is InChI=1S/C14H15NO4S/c1-8-9(2)19-14(15-8)20-7-10-4-5-12(18-3)11(6-10)13(16)17/h4-6H,7H2,1-3H3,(H,16,17). The van der Waals surface area contributed by atoms with Gasteiger partial charge >= 0.3 is 5.97 Å². The highest BCUT2D eigenvalue weighted by Crippen LogP contribution is 2.27. The minimum atomic E-state index is -1.00. The fourth-order valence-corrected chi connectivity index (χ4v) is 2.52. The van der Waals surface area contributed by atoms with E-state index in [0.29, 0.717) is 16.7 Å². The Bertz CT molecular complexity index is 617. The number of methoxy groups -OCH3 is 1. The second kappa shape index (κ2) is 6.00. The van der Waals surface area contributed by atoms with Crippen LogP contribution in [-0.4, -0.2) is 23.2 Å². The van der Waals surface area contributed by atoms with Crippen LogP contribution in [0.5, 0.6) is 5.75 Å². The van der Waals surface area contributed by atoms with Gasteiger partial charge in [0.05, 0.1) is 12.8 Å². The quantitative estimate of drug-likeness (QED) is 0.853. The molecule has 0 aliphatic rings. The fourth-order valence-electron chi connectivity index (χ4n) is 1.66. The molecule has 0 saturated carbocycles. The molecule has 2 rings (SSSR count). The van der Waals surface area contributed by atoms with Crippen LogP contribution < -0.4 is 4.74 Å². The molecule has 5 nitrogen and oxygen atoms in total. The first-order valence-electron chi connectivity index (χ1n) is 5.98. The average Bonchev–Trinajstić information content (AvgIpc) is 2.75. The number of oxazole rings is 1. The summed E-state index contributed by atoms with van der Waals surface area (Å²) in [6.07, 6.45) is 0. The highest BCUT2D eigenvalue weighted by Gasteiger charge is 2.12. The van der Waals surface area contributed by atoms with Gasteiger partial charge in [0.25, 0.3) is 5.22 Å². The Kier molecular flexibility index (Phi) is 4.34. The lowest BCUT2D eigenvalue weighted by Gasteiger charge is -2.06. The number of ether oxygens (including phenoxy) is 1. The molecule has 0 radical (unpaired) electrons. The van der Waals surface area contributed by atoms with E-state index in [1.165, 1.54) is 18.9 Å². The van der Waals surface area contributed by atoms with Crippen molar-refractivity contribution in [1.29, 1.82) is 0 Å². The third kappa shape index (κ3) is 3.14. The lowest BCUT2D eigenvalue weighted by atomic mass is 10.1. The molecule has 0 spiro atoms. The third-order valence-corrected chi connectivity index (χ3v) is 3.76. The number of aromatic nitrogens is 1. The second-order valence-electron chi connectivity index (χ2n) is 4.25. The zero-order valence-corrected chi connectivity index (χ0v) is 12.3. The number of carbonyl (C=O) groups is 1. The average molecular weight is 293 g/mol. The molecule has 1 N–H and O–H groups in total. The molecule has 0 saturated heterocycles. The first kappa shape index (κ1) is 14.5. The normalized spacial score (nSPS) is 10.6. The molecule has 1 heterocycles. The largest absolute Gasteiger partial charge is 0.496 e. The minimum Gasteiger partial charge on any atom is -0.496 e. The van der Waals surface area contributed by atoms with E-state index in [-0.39, 0.29) is 5.56 Å². The van der Waals surface area contributed by atoms with Gasteiger partial charge in [0.1, 0.15) is 17.1 Å². The van der Waals surface area contributed by atoms with Gasteiger partial charge in [-0.2, -0.15) is 0 Å². The number of rotatable bonds is 5. The van der Waals surface area contributed by atoms with Gasteiger partial charge in [-0.1, -0.05) is 17.8 Å². The fraction of sp³-hybridized carbons (Fsp3) is 0.286. The van der Waals surface area contributed by atoms with Crippen molar-refractivity contribution in [2.24, 2.45) is 0 Å². The summed E-state index contributed by atoms with van der Waals surface area (Å²) in [6.45, 7) is 3.75. The number of nitrogens with zero attached hydrogens (tertiary/aromatic N) is 1. The van der Waals surface area contributed by atoms with Crippen LogP contribution in [0.3, 0.4) is 0 Å². The summed E-state index contributed by atoms with van der Waals surface area (Å²) >= 11 is 1.43. The van der Waals surface area contributed by atoms with E-state index in [1.54, 1.807) is 12.1 Å². The number of aromatic carboxylic acids is 1. The molecule has 0 aliphatic heterocycles. The van der Waals surface area contributed by atoms with Crippen LogP contribution in [0.1, 0.15) is 27.4 Å². The molecule has 0 amide bonds. The van der Waals surface area contributed by atoms with Gasteiger partial charge in [0.15, 0.2) is 0 Å². The molecule has 6 heteroatoms. The second-order valence-corrected chi connectivity index (χ2v) is 5.18. The molecular weight excluding hydrogens is 278 g/mol. The molecule has 20 heavy (non-hydrogen) atoms. The summed E-state index contributed by atoms with van der Waals surface area (Å²) in [5.74, 6) is 0.739. The van der Waals surface area contributed by atoms with Crippen molar-refractivity contribution < 1.29 is 19.1 Å². The summed E-state index contributed by atoms with van der Waals surface area (Å²) < 4.78 is 10.5. The molecule has 2 aromatic rings. The molecule has 0 bridgehead atoms. The van der Waals surface area contributed by atoms with Crippen LogP contribution in [0.25, 0.3) is 0 Å². The Morgan fingerprint density at radius 1 is 1.45 bits per heavy atom. The van der Waals surface area contributed by atoms with E-state index < -0.39 is 5.97 Å². The first-order chi connectivity index (χ1) is 9.51.